The summed E-state index contributed by atoms with van der Waals surface area (Å²) in [5.74, 6) is 0.993. The van der Waals surface area contributed by atoms with Crippen LogP contribution in [0, 0.1) is 0 Å². The molecule has 1 aliphatic heterocycles. The zero-order chi connectivity index (χ0) is 17.5. The number of benzene rings is 1. The molecule has 0 atom stereocenters. The van der Waals surface area contributed by atoms with Gasteiger partial charge < -0.3 is 20.6 Å². The number of aromatic hydroxyl groups is 1. The van der Waals surface area contributed by atoms with E-state index in [0.717, 1.165) is 37.4 Å². The highest BCUT2D eigenvalue weighted by Crippen LogP contribution is 2.15. The maximum absolute atomic E-state index is 12.0. The molecule has 0 aliphatic carbocycles. The Kier molecular flexibility index (Phi) is 5.66. The maximum atomic E-state index is 12.0. The molecule has 1 saturated heterocycles. The first-order chi connectivity index (χ1) is 12.2. The summed E-state index contributed by atoms with van der Waals surface area (Å²) in [6.07, 6.45) is 5.92. The minimum Gasteiger partial charge on any atom is -0.508 e. The lowest BCUT2D eigenvalue weighted by atomic mass is 10.1. The number of amides is 2. The fraction of sp³-hybridized carbons (Fsp3) is 0.389. The predicted octanol–water partition coefficient (Wildman–Crippen LogP) is 1.69. The third kappa shape index (κ3) is 5.07. The molecule has 2 heterocycles. The Morgan fingerprint density at radius 3 is 2.68 bits per heavy atom. The summed E-state index contributed by atoms with van der Waals surface area (Å²) in [5.41, 5.74) is 0.997. The van der Waals surface area contributed by atoms with E-state index in [-0.39, 0.29) is 17.8 Å². The van der Waals surface area contributed by atoms with Gasteiger partial charge in [0.1, 0.15) is 5.75 Å². The molecule has 1 aromatic carbocycles. The first-order valence-corrected chi connectivity index (χ1v) is 8.55. The molecule has 0 saturated carbocycles. The summed E-state index contributed by atoms with van der Waals surface area (Å²) < 4.78 is 0. The number of aromatic nitrogens is 2. The van der Waals surface area contributed by atoms with Crippen LogP contribution in [0.4, 0.5) is 10.7 Å². The van der Waals surface area contributed by atoms with Crippen molar-refractivity contribution in [3.63, 3.8) is 0 Å². The topological polar surface area (TPSA) is 90.4 Å². The molecular formula is C18H23N5O2. The zero-order valence-corrected chi connectivity index (χ0v) is 14.1. The molecule has 132 valence electrons. The molecule has 7 heteroatoms. The van der Waals surface area contributed by atoms with Crippen molar-refractivity contribution in [2.75, 3.05) is 24.5 Å². The lowest BCUT2D eigenvalue weighted by Crippen LogP contribution is -2.48. The first-order valence-electron chi connectivity index (χ1n) is 8.55. The van der Waals surface area contributed by atoms with Gasteiger partial charge in [0.15, 0.2) is 0 Å². The number of urea groups is 1. The van der Waals surface area contributed by atoms with E-state index >= 15 is 0 Å². The lowest BCUT2D eigenvalue weighted by Gasteiger charge is -2.32. The molecule has 1 aromatic heterocycles. The van der Waals surface area contributed by atoms with Crippen molar-refractivity contribution in [2.45, 2.75) is 25.3 Å². The molecule has 3 N–H and O–H groups in total. The van der Waals surface area contributed by atoms with Gasteiger partial charge >= 0.3 is 6.03 Å². The van der Waals surface area contributed by atoms with E-state index in [0.29, 0.717) is 13.0 Å². The van der Waals surface area contributed by atoms with Gasteiger partial charge in [-0.2, -0.15) is 0 Å². The highest BCUT2D eigenvalue weighted by Gasteiger charge is 2.21. The number of phenols is 1. The number of piperidine rings is 1. The summed E-state index contributed by atoms with van der Waals surface area (Å²) in [4.78, 5) is 22.7. The molecule has 2 amide bonds. The van der Waals surface area contributed by atoms with Crippen LogP contribution < -0.4 is 15.5 Å². The van der Waals surface area contributed by atoms with Gasteiger partial charge in [0.25, 0.3) is 0 Å². The van der Waals surface area contributed by atoms with Crippen molar-refractivity contribution in [1.82, 2.24) is 20.6 Å². The monoisotopic (exact) mass is 341 g/mol. The van der Waals surface area contributed by atoms with Gasteiger partial charge in [-0.15, -0.1) is 0 Å². The van der Waals surface area contributed by atoms with Crippen LogP contribution >= 0.6 is 0 Å². The maximum Gasteiger partial charge on any atom is 0.315 e. The van der Waals surface area contributed by atoms with E-state index in [1.54, 1.807) is 36.7 Å². The molecular weight excluding hydrogens is 318 g/mol. The Morgan fingerprint density at radius 2 is 1.96 bits per heavy atom. The average Bonchev–Trinajstić information content (AvgIpc) is 2.63. The first kappa shape index (κ1) is 17.0. The highest BCUT2D eigenvalue weighted by molar-refractivity contribution is 5.74. The molecule has 0 unspecified atom stereocenters. The van der Waals surface area contributed by atoms with Gasteiger partial charge in [-0.25, -0.2) is 14.8 Å². The number of hydrogen-bond acceptors (Lipinski definition) is 5. The molecule has 0 radical (unpaired) electrons. The smallest absolute Gasteiger partial charge is 0.315 e. The molecule has 7 nitrogen and oxygen atoms in total. The second-order valence-corrected chi connectivity index (χ2v) is 6.13. The lowest BCUT2D eigenvalue weighted by molar-refractivity contribution is 0.234. The second-order valence-electron chi connectivity index (χ2n) is 6.13. The van der Waals surface area contributed by atoms with Crippen LogP contribution in [0.1, 0.15) is 18.4 Å². The number of hydrogen-bond donors (Lipinski definition) is 3. The number of nitrogens with one attached hydrogen (secondary N) is 2. The summed E-state index contributed by atoms with van der Waals surface area (Å²) in [6, 6.07) is 8.90. The molecule has 0 spiro atoms. The fourth-order valence-corrected chi connectivity index (χ4v) is 2.95. The van der Waals surface area contributed by atoms with Crippen molar-refractivity contribution < 1.29 is 9.90 Å². The second kappa shape index (κ2) is 8.32. The van der Waals surface area contributed by atoms with Crippen LogP contribution in [0.15, 0.2) is 42.7 Å². The van der Waals surface area contributed by atoms with Crippen molar-refractivity contribution in [2.24, 2.45) is 0 Å². The van der Waals surface area contributed by atoms with Crippen LogP contribution in [0.2, 0.25) is 0 Å². The van der Waals surface area contributed by atoms with E-state index in [1.165, 1.54) is 0 Å². The van der Waals surface area contributed by atoms with Crippen molar-refractivity contribution in [1.29, 1.82) is 0 Å². The van der Waals surface area contributed by atoms with Gasteiger partial charge in [0.05, 0.1) is 0 Å². The Bertz CT molecular complexity index is 687. The third-order valence-electron chi connectivity index (χ3n) is 4.27. The number of nitrogens with zero attached hydrogens (tertiary/aromatic N) is 3. The van der Waals surface area contributed by atoms with Crippen LogP contribution in [0.25, 0.3) is 0 Å². The molecule has 1 aliphatic rings. The largest absolute Gasteiger partial charge is 0.508 e. The molecule has 0 bridgehead atoms. The normalized spacial score (nSPS) is 15.0. The summed E-state index contributed by atoms with van der Waals surface area (Å²) >= 11 is 0. The standard InChI is InChI=1S/C18H23N5O2/c24-16-4-1-3-14(13-16)5-10-21-18(25)22-15-6-11-23(12-7-15)17-19-8-2-9-20-17/h1-4,8-9,13,15,24H,5-7,10-12H2,(H2,21,22,25). The van der Waals surface area contributed by atoms with Gasteiger partial charge in [0.2, 0.25) is 5.95 Å². The Labute approximate surface area is 147 Å². The zero-order valence-electron chi connectivity index (χ0n) is 14.1. The predicted molar refractivity (Wildman–Crippen MR) is 95.6 cm³/mol. The minimum absolute atomic E-state index is 0.144. The number of phenolic OH excluding ortho intramolecular Hbond substituents is 1. The number of anilines is 1. The van der Waals surface area contributed by atoms with Crippen molar-refractivity contribution >= 4 is 12.0 Å². The molecule has 25 heavy (non-hydrogen) atoms. The van der Waals surface area contributed by atoms with Gasteiger partial charge in [-0.3, -0.25) is 0 Å². The highest BCUT2D eigenvalue weighted by atomic mass is 16.3. The van der Waals surface area contributed by atoms with E-state index in [1.807, 2.05) is 6.07 Å². The Balaban J connectivity index is 1.36. The molecule has 1 fully saturated rings. The minimum atomic E-state index is -0.144. The summed E-state index contributed by atoms with van der Waals surface area (Å²) in [7, 11) is 0. The van der Waals surface area contributed by atoms with Crippen LogP contribution in [-0.4, -0.2) is 46.8 Å². The SMILES string of the molecule is O=C(NCCc1cccc(O)c1)NC1CCN(c2ncccn2)CC1. The fourth-order valence-electron chi connectivity index (χ4n) is 2.95. The van der Waals surface area contributed by atoms with Crippen LogP contribution in [0.3, 0.4) is 0 Å². The van der Waals surface area contributed by atoms with Gasteiger partial charge in [-0.05, 0) is 43.0 Å². The van der Waals surface area contributed by atoms with Crippen molar-refractivity contribution in [3.8, 4) is 5.75 Å². The average molecular weight is 341 g/mol. The summed E-state index contributed by atoms with van der Waals surface area (Å²) in [5, 5.41) is 15.3. The van der Waals surface area contributed by atoms with Gasteiger partial charge in [0, 0.05) is 38.1 Å². The summed E-state index contributed by atoms with van der Waals surface area (Å²) in [6.45, 7) is 2.20. The number of carbonyl (C=O) groups excluding carboxylic acids is 1. The number of rotatable bonds is 5. The van der Waals surface area contributed by atoms with Crippen LogP contribution in [0.5, 0.6) is 5.75 Å². The molecule has 2 aromatic rings. The van der Waals surface area contributed by atoms with E-state index in [4.69, 9.17) is 0 Å². The Morgan fingerprint density at radius 1 is 1.20 bits per heavy atom. The Hall–Kier alpha value is -2.83. The van der Waals surface area contributed by atoms with E-state index in [9.17, 15) is 9.90 Å². The van der Waals surface area contributed by atoms with E-state index < -0.39 is 0 Å². The quantitative estimate of drug-likeness (QED) is 0.770. The van der Waals surface area contributed by atoms with Crippen molar-refractivity contribution in [3.05, 3.63) is 48.3 Å². The van der Waals surface area contributed by atoms with Crippen LogP contribution in [-0.2, 0) is 6.42 Å². The molecule has 3 rings (SSSR count). The van der Waals surface area contributed by atoms with Gasteiger partial charge in [-0.1, -0.05) is 12.1 Å². The third-order valence-corrected chi connectivity index (χ3v) is 4.27. The van der Waals surface area contributed by atoms with E-state index in [2.05, 4.69) is 25.5 Å². The number of carbonyl (C=O) groups is 1.